The molecule has 22 heavy (non-hydrogen) atoms. The Labute approximate surface area is 146 Å². The molecule has 0 spiro atoms. The minimum absolute atomic E-state index is 0. The highest BCUT2D eigenvalue weighted by Crippen LogP contribution is 2.09. The highest BCUT2D eigenvalue weighted by atomic mass is 127. The Morgan fingerprint density at radius 3 is 2.55 bits per heavy atom. The van der Waals surface area contributed by atoms with Crippen molar-refractivity contribution in [3.63, 3.8) is 0 Å². The minimum Gasteiger partial charge on any atom is -0.467 e. The smallest absolute Gasteiger partial charge is 0.225 e. The molecule has 1 saturated heterocycles. The number of hydrogen-bond donors (Lipinski definition) is 1. The molecule has 0 aromatic carbocycles. The quantitative estimate of drug-likeness (QED) is 0.464. The number of nitrogens with zero attached hydrogens (tertiary/aromatic N) is 5. The summed E-state index contributed by atoms with van der Waals surface area (Å²) in [5.41, 5.74) is 6.03. The molecule has 3 rings (SSSR count). The first kappa shape index (κ1) is 16.5. The van der Waals surface area contributed by atoms with Crippen molar-refractivity contribution in [3.8, 4) is 0 Å². The fraction of sp³-hybridized carbons (Fsp3) is 0.357. The summed E-state index contributed by atoms with van der Waals surface area (Å²) in [5.74, 6) is 2.14. The number of guanidine groups is 1. The maximum absolute atomic E-state index is 6.03. The predicted octanol–water partition coefficient (Wildman–Crippen LogP) is 1.32. The van der Waals surface area contributed by atoms with E-state index in [1.54, 1.807) is 18.7 Å². The van der Waals surface area contributed by atoms with Crippen molar-refractivity contribution in [2.24, 2.45) is 10.7 Å². The fourth-order valence-electron chi connectivity index (χ4n) is 2.25. The van der Waals surface area contributed by atoms with Crippen molar-refractivity contribution in [1.29, 1.82) is 0 Å². The molecule has 1 aliphatic rings. The molecule has 2 N–H and O–H groups in total. The summed E-state index contributed by atoms with van der Waals surface area (Å²) in [6.07, 6.45) is 5.15. The Kier molecular flexibility index (Phi) is 5.99. The van der Waals surface area contributed by atoms with Gasteiger partial charge in [0.25, 0.3) is 0 Å². The number of anilines is 1. The number of furan rings is 1. The van der Waals surface area contributed by atoms with Crippen molar-refractivity contribution in [2.45, 2.75) is 6.54 Å². The van der Waals surface area contributed by atoms with E-state index in [-0.39, 0.29) is 24.0 Å². The molecule has 0 unspecified atom stereocenters. The van der Waals surface area contributed by atoms with Crippen LogP contribution in [0.5, 0.6) is 0 Å². The number of rotatable bonds is 3. The molecule has 118 valence electrons. The van der Waals surface area contributed by atoms with Crippen molar-refractivity contribution in [1.82, 2.24) is 14.9 Å². The molecule has 0 atom stereocenters. The van der Waals surface area contributed by atoms with Gasteiger partial charge < -0.3 is 20.0 Å². The summed E-state index contributed by atoms with van der Waals surface area (Å²) < 4.78 is 5.24. The van der Waals surface area contributed by atoms with Gasteiger partial charge in [-0.15, -0.1) is 24.0 Å². The summed E-state index contributed by atoms with van der Waals surface area (Å²) in [6, 6.07) is 5.56. The van der Waals surface area contributed by atoms with E-state index in [0.717, 1.165) is 37.9 Å². The molecule has 0 amide bonds. The van der Waals surface area contributed by atoms with E-state index in [0.29, 0.717) is 12.5 Å². The lowest BCUT2D eigenvalue weighted by Crippen LogP contribution is -2.51. The average molecular weight is 414 g/mol. The van der Waals surface area contributed by atoms with E-state index in [4.69, 9.17) is 10.2 Å². The van der Waals surface area contributed by atoms with Crippen LogP contribution in [0.4, 0.5) is 5.95 Å². The Hall–Kier alpha value is -1.84. The third-order valence-corrected chi connectivity index (χ3v) is 3.42. The van der Waals surface area contributed by atoms with Gasteiger partial charge in [0.1, 0.15) is 12.3 Å². The van der Waals surface area contributed by atoms with E-state index in [1.807, 2.05) is 18.2 Å². The van der Waals surface area contributed by atoms with Gasteiger partial charge in [0, 0.05) is 38.6 Å². The molecule has 2 aromatic rings. The highest BCUT2D eigenvalue weighted by Gasteiger charge is 2.19. The lowest BCUT2D eigenvalue weighted by Gasteiger charge is -2.35. The summed E-state index contributed by atoms with van der Waals surface area (Å²) in [5, 5.41) is 0. The molecule has 1 fully saturated rings. The van der Waals surface area contributed by atoms with Crippen molar-refractivity contribution in [2.75, 3.05) is 31.1 Å². The highest BCUT2D eigenvalue weighted by molar-refractivity contribution is 14.0. The normalized spacial score (nSPS) is 15.5. The van der Waals surface area contributed by atoms with Gasteiger partial charge >= 0.3 is 0 Å². The first-order valence-electron chi connectivity index (χ1n) is 6.92. The molecular weight excluding hydrogens is 395 g/mol. The fourth-order valence-corrected chi connectivity index (χ4v) is 2.25. The van der Waals surface area contributed by atoms with Crippen LogP contribution in [-0.2, 0) is 6.54 Å². The Morgan fingerprint density at radius 1 is 1.18 bits per heavy atom. The second-order valence-corrected chi connectivity index (χ2v) is 4.78. The molecule has 1 aliphatic heterocycles. The monoisotopic (exact) mass is 414 g/mol. The van der Waals surface area contributed by atoms with Gasteiger partial charge in [-0.1, -0.05) is 0 Å². The zero-order chi connectivity index (χ0) is 14.5. The number of halogens is 1. The van der Waals surface area contributed by atoms with Crippen LogP contribution < -0.4 is 10.6 Å². The van der Waals surface area contributed by atoms with Gasteiger partial charge in [0.05, 0.1) is 6.26 Å². The standard InChI is InChI=1S/C14H18N6O.HI/c15-13(18-11-12-3-1-10-21-12)19-6-8-20(9-7-19)14-16-4-2-5-17-14;/h1-5,10H,6-9,11H2,(H2,15,18);1H. The van der Waals surface area contributed by atoms with Gasteiger partial charge in [-0.05, 0) is 18.2 Å². The molecule has 2 aromatic heterocycles. The molecule has 0 radical (unpaired) electrons. The molecule has 8 heteroatoms. The van der Waals surface area contributed by atoms with Gasteiger partial charge in [0.15, 0.2) is 5.96 Å². The summed E-state index contributed by atoms with van der Waals surface area (Å²) >= 11 is 0. The maximum Gasteiger partial charge on any atom is 0.225 e. The number of aromatic nitrogens is 2. The number of piperazine rings is 1. The van der Waals surface area contributed by atoms with E-state index >= 15 is 0 Å². The van der Waals surface area contributed by atoms with Crippen LogP contribution in [0.1, 0.15) is 5.76 Å². The van der Waals surface area contributed by atoms with Gasteiger partial charge in [-0.3, -0.25) is 0 Å². The lowest BCUT2D eigenvalue weighted by atomic mass is 10.3. The second-order valence-electron chi connectivity index (χ2n) is 4.78. The van der Waals surface area contributed by atoms with Crippen LogP contribution in [0.15, 0.2) is 46.3 Å². The molecule has 0 aliphatic carbocycles. The van der Waals surface area contributed by atoms with Gasteiger partial charge in [-0.2, -0.15) is 0 Å². The summed E-state index contributed by atoms with van der Waals surface area (Å²) in [6.45, 7) is 3.76. The van der Waals surface area contributed by atoms with Crippen molar-refractivity contribution >= 4 is 35.9 Å². The molecule has 3 heterocycles. The SMILES string of the molecule is I.NC(=NCc1ccco1)N1CCN(c2ncccn2)CC1. The zero-order valence-corrected chi connectivity index (χ0v) is 14.5. The second kappa shape index (κ2) is 7.97. The molecular formula is C14H19IN6O. The maximum atomic E-state index is 6.03. The number of hydrogen-bond acceptors (Lipinski definition) is 5. The largest absolute Gasteiger partial charge is 0.467 e. The van der Waals surface area contributed by atoms with E-state index in [9.17, 15) is 0 Å². The third kappa shape index (κ3) is 4.09. The van der Waals surface area contributed by atoms with Crippen molar-refractivity contribution < 1.29 is 4.42 Å². The van der Waals surface area contributed by atoms with Crippen molar-refractivity contribution in [3.05, 3.63) is 42.6 Å². The van der Waals surface area contributed by atoms with E-state index in [2.05, 4.69) is 24.8 Å². The first-order valence-corrected chi connectivity index (χ1v) is 6.92. The predicted molar refractivity (Wildman–Crippen MR) is 95.3 cm³/mol. The van der Waals surface area contributed by atoms with E-state index < -0.39 is 0 Å². The lowest BCUT2D eigenvalue weighted by molar-refractivity contribution is 0.377. The first-order chi connectivity index (χ1) is 10.3. The van der Waals surface area contributed by atoms with Crippen LogP contribution in [0.3, 0.4) is 0 Å². The minimum atomic E-state index is 0. The van der Waals surface area contributed by atoms with Gasteiger partial charge in [-0.25, -0.2) is 15.0 Å². The number of aliphatic imine (C=N–C) groups is 1. The Balaban J connectivity index is 0.00000176. The van der Waals surface area contributed by atoms with Gasteiger partial charge in [0.2, 0.25) is 5.95 Å². The van der Waals surface area contributed by atoms with Crippen LogP contribution in [-0.4, -0.2) is 47.0 Å². The third-order valence-electron chi connectivity index (χ3n) is 3.42. The molecule has 0 saturated carbocycles. The molecule has 0 bridgehead atoms. The number of nitrogens with two attached hydrogens (primary N) is 1. The van der Waals surface area contributed by atoms with E-state index in [1.165, 1.54) is 0 Å². The topological polar surface area (TPSA) is 83.8 Å². The average Bonchev–Trinajstić information content (AvgIpc) is 3.07. The summed E-state index contributed by atoms with van der Waals surface area (Å²) in [7, 11) is 0. The summed E-state index contributed by atoms with van der Waals surface area (Å²) in [4.78, 5) is 17.1. The Bertz CT molecular complexity index is 581. The molecule has 7 nitrogen and oxygen atoms in total. The van der Waals surface area contributed by atoms with Crippen LogP contribution >= 0.6 is 24.0 Å². The van der Waals surface area contributed by atoms with Crippen LogP contribution in [0.25, 0.3) is 0 Å². The zero-order valence-electron chi connectivity index (χ0n) is 12.1. The van der Waals surface area contributed by atoms with Crippen LogP contribution in [0.2, 0.25) is 0 Å². The van der Waals surface area contributed by atoms with Crippen LogP contribution in [0, 0.1) is 0 Å². The Morgan fingerprint density at radius 2 is 1.91 bits per heavy atom.